The van der Waals surface area contributed by atoms with Crippen molar-refractivity contribution in [2.75, 3.05) is 32.7 Å². The molecule has 2 aliphatic rings. The zero-order chi connectivity index (χ0) is 16.4. The second-order valence-corrected chi connectivity index (χ2v) is 8.14. The number of thiophene rings is 1. The number of nitrogens with zero attached hydrogens (tertiary/aromatic N) is 2. The first-order valence-corrected chi connectivity index (χ1v) is 9.75. The molecule has 2 saturated heterocycles. The number of rotatable bonds is 3. The van der Waals surface area contributed by atoms with Gasteiger partial charge in [-0.2, -0.15) is 0 Å². The van der Waals surface area contributed by atoms with Gasteiger partial charge in [0.25, 0.3) is 0 Å². The largest absolute Gasteiger partial charge is 0.341 e. The summed E-state index contributed by atoms with van der Waals surface area (Å²) in [4.78, 5) is 19.2. The summed E-state index contributed by atoms with van der Waals surface area (Å²) < 4.78 is 0. The summed E-state index contributed by atoms with van der Waals surface area (Å²) in [5.74, 6) is 0.939. The van der Waals surface area contributed by atoms with Crippen molar-refractivity contribution in [3.63, 3.8) is 0 Å². The van der Waals surface area contributed by atoms with Gasteiger partial charge < -0.3 is 10.2 Å². The molecule has 3 rings (SSSR count). The molecule has 0 saturated carbocycles. The van der Waals surface area contributed by atoms with Crippen molar-refractivity contribution in [2.24, 2.45) is 5.92 Å². The monoisotopic (exact) mass is 335 g/mol. The summed E-state index contributed by atoms with van der Waals surface area (Å²) in [6.07, 6.45) is 2.39. The number of carbonyl (C=O) groups excluding carboxylic acids is 1. The number of hydrogen-bond donors (Lipinski definition) is 1. The Kier molecular flexibility index (Phi) is 5.39. The van der Waals surface area contributed by atoms with E-state index in [2.05, 4.69) is 47.3 Å². The second-order valence-electron chi connectivity index (χ2n) is 7.19. The van der Waals surface area contributed by atoms with E-state index in [1.807, 2.05) is 0 Å². The Morgan fingerprint density at radius 1 is 1.39 bits per heavy atom. The van der Waals surface area contributed by atoms with Crippen LogP contribution in [0.15, 0.2) is 11.4 Å². The number of amides is 1. The number of likely N-dealkylation sites (tertiary alicyclic amines) is 1. The van der Waals surface area contributed by atoms with Crippen molar-refractivity contribution >= 4 is 17.2 Å². The first-order valence-electron chi connectivity index (χ1n) is 8.87. The van der Waals surface area contributed by atoms with Gasteiger partial charge in [0.2, 0.25) is 5.91 Å². The molecule has 128 valence electrons. The van der Waals surface area contributed by atoms with Crippen LogP contribution < -0.4 is 5.32 Å². The minimum absolute atomic E-state index is 0.0996. The predicted octanol–water partition coefficient (Wildman–Crippen LogP) is 2.65. The van der Waals surface area contributed by atoms with Crippen LogP contribution in [0.5, 0.6) is 0 Å². The molecule has 2 aliphatic heterocycles. The van der Waals surface area contributed by atoms with Crippen LogP contribution in [0.2, 0.25) is 0 Å². The van der Waals surface area contributed by atoms with Crippen LogP contribution in [0.1, 0.15) is 43.2 Å². The average Bonchev–Trinajstić information content (AvgIpc) is 2.95. The lowest BCUT2D eigenvalue weighted by Gasteiger charge is -2.42. The van der Waals surface area contributed by atoms with Gasteiger partial charge in [0.15, 0.2) is 0 Å². The first-order chi connectivity index (χ1) is 11.1. The standard InChI is InChI=1S/C18H29N3OS/c1-13-5-4-8-20(12-13)18(22)16(17-14(2)6-10-23-17)21-9-7-19-11-15(21)3/h6,10,13,15-16,19H,4-5,7-9,11-12H2,1-3H3. The Bertz CT molecular complexity index is 544. The lowest BCUT2D eigenvalue weighted by atomic mass is 9.98. The van der Waals surface area contributed by atoms with E-state index in [4.69, 9.17) is 0 Å². The summed E-state index contributed by atoms with van der Waals surface area (Å²) in [5.41, 5.74) is 1.25. The van der Waals surface area contributed by atoms with E-state index in [0.29, 0.717) is 17.9 Å². The van der Waals surface area contributed by atoms with Gasteiger partial charge in [0.1, 0.15) is 6.04 Å². The Morgan fingerprint density at radius 2 is 2.22 bits per heavy atom. The number of hydrogen-bond acceptors (Lipinski definition) is 4. The molecular formula is C18H29N3OS. The molecule has 3 heterocycles. The van der Waals surface area contributed by atoms with Gasteiger partial charge in [-0.25, -0.2) is 0 Å². The number of piperidine rings is 1. The highest BCUT2D eigenvalue weighted by molar-refractivity contribution is 7.10. The van der Waals surface area contributed by atoms with Crippen molar-refractivity contribution in [3.05, 3.63) is 21.9 Å². The molecule has 0 aromatic carbocycles. The van der Waals surface area contributed by atoms with Crippen LogP contribution in [-0.2, 0) is 4.79 Å². The van der Waals surface area contributed by atoms with Gasteiger partial charge in [-0.3, -0.25) is 9.69 Å². The van der Waals surface area contributed by atoms with Crippen molar-refractivity contribution < 1.29 is 4.79 Å². The fourth-order valence-corrected chi connectivity index (χ4v) is 4.91. The molecule has 1 N–H and O–H groups in total. The Hall–Kier alpha value is -0.910. The van der Waals surface area contributed by atoms with E-state index >= 15 is 0 Å². The summed E-state index contributed by atoms with van der Waals surface area (Å²) in [6, 6.07) is 2.44. The second kappa shape index (κ2) is 7.32. The molecule has 1 aromatic heterocycles. The molecule has 23 heavy (non-hydrogen) atoms. The minimum Gasteiger partial charge on any atom is -0.341 e. The smallest absolute Gasteiger partial charge is 0.245 e. The topological polar surface area (TPSA) is 35.6 Å². The van der Waals surface area contributed by atoms with E-state index in [-0.39, 0.29) is 6.04 Å². The first kappa shape index (κ1) is 16.9. The van der Waals surface area contributed by atoms with Crippen LogP contribution in [0.3, 0.4) is 0 Å². The number of carbonyl (C=O) groups is 1. The van der Waals surface area contributed by atoms with Crippen molar-refractivity contribution in [1.82, 2.24) is 15.1 Å². The van der Waals surface area contributed by atoms with Crippen LogP contribution in [0, 0.1) is 12.8 Å². The summed E-state index contributed by atoms with van der Waals surface area (Å²) in [5, 5.41) is 5.56. The van der Waals surface area contributed by atoms with Gasteiger partial charge in [-0.05, 0) is 49.6 Å². The van der Waals surface area contributed by atoms with Crippen LogP contribution in [-0.4, -0.2) is 54.5 Å². The van der Waals surface area contributed by atoms with E-state index in [1.165, 1.54) is 16.9 Å². The zero-order valence-corrected chi connectivity index (χ0v) is 15.4. The van der Waals surface area contributed by atoms with Gasteiger partial charge >= 0.3 is 0 Å². The third-order valence-corrected chi connectivity index (χ3v) is 6.31. The Morgan fingerprint density at radius 3 is 2.87 bits per heavy atom. The molecular weight excluding hydrogens is 306 g/mol. The van der Waals surface area contributed by atoms with Gasteiger partial charge in [-0.1, -0.05) is 6.92 Å². The molecule has 0 bridgehead atoms. The van der Waals surface area contributed by atoms with Gasteiger partial charge in [-0.15, -0.1) is 11.3 Å². The molecule has 1 aromatic rings. The van der Waals surface area contributed by atoms with Crippen LogP contribution in [0.25, 0.3) is 0 Å². The third-order valence-electron chi connectivity index (χ3n) is 5.24. The molecule has 4 nitrogen and oxygen atoms in total. The van der Waals surface area contributed by atoms with E-state index in [0.717, 1.165) is 39.1 Å². The maximum Gasteiger partial charge on any atom is 0.245 e. The minimum atomic E-state index is -0.0996. The summed E-state index contributed by atoms with van der Waals surface area (Å²) in [6.45, 7) is 11.3. The highest BCUT2D eigenvalue weighted by Crippen LogP contribution is 2.33. The summed E-state index contributed by atoms with van der Waals surface area (Å²) in [7, 11) is 0. The quantitative estimate of drug-likeness (QED) is 0.922. The fraction of sp³-hybridized carbons (Fsp3) is 0.722. The molecule has 3 atom stereocenters. The lowest BCUT2D eigenvalue weighted by molar-refractivity contribution is -0.140. The Labute approximate surface area is 143 Å². The van der Waals surface area contributed by atoms with Crippen molar-refractivity contribution in [3.8, 4) is 0 Å². The number of nitrogens with one attached hydrogen (secondary N) is 1. The highest BCUT2D eigenvalue weighted by atomic mass is 32.1. The molecule has 3 unspecified atom stereocenters. The SMILES string of the molecule is Cc1ccsc1C(C(=O)N1CCCC(C)C1)N1CCNCC1C. The molecule has 0 spiro atoms. The fourth-order valence-electron chi connectivity index (χ4n) is 3.87. The van der Waals surface area contributed by atoms with E-state index < -0.39 is 0 Å². The molecule has 0 radical (unpaired) electrons. The normalized spacial score (nSPS) is 27.9. The van der Waals surface area contributed by atoms with Gasteiger partial charge in [0.05, 0.1) is 0 Å². The lowest BCUT2D eigenvalue weighted by Crippen LogP contribution is -2.55. The zero-order valence-electron chi connectivity index (χ0n) is 14.5. The predicted molar refractivity (Wildman–Crippen MR) is 95.8 cm³/mol. The highest BCUT2D eigenvalue weighted by Gasteiger charge is 2.37. The molecule has 1 amide bonds. The number of piperazine rings is 1. The third kappa shape index (κ3) is 3.62. The van der Waals surface area contributed by atoms with Crippen molar-refractivity contribution in [1.29, 1.82) is 0 Å². The van der Waals surface area contributed by atoms with Crippen molar-refractivity contribution in [2.45, 2.75) is 45.7 Å². The maximum absolute atomic E-state index is 13.4. The van der Waals surface area contributed by atoms with Crippen LogP contribution >= 0.6 is 11.3 Å². The van der Waals surface area contributed by atoms with E-state index in [9.17, 15) is 4.79 Å². The number of aryl methyl sites for hydroxylation is 1. The maximum atomic E-state index is 13.4. The molecule has 5 heteroatoms. The van der Waals surface area contributed by atoms with E-state index in [1.54, 1.807) is 11.3 Å². The average molecular weight is 336 g/mol. The van der Waals surface area contributed by atoms with Gasteiger partial charge in [0, 0.05) is 43.6 Å². The molecule has 2 fully saturated rings. The van der Waals surface area contributed by atoms with Crippen LogP contribution in [0.4, 0.5) is 0 Å². The summed E-state index contributed by atoms with van der Waals surface area (Å²) >= 11 is 1.74. The Balaban J connectivity index is 1.88. The molecule has 0 aliphatic carbocycles.